The van der Waals surface area contributed by atoms with Crippen molar-refractivity contribution in [1.29, 1.82) is 0 Å². The van der Waals surface area contributed by atoms with Crippen molar-refractivity contribution in [3.8, 4) is 5.75 Å². The molecule has 0 bridgehead atoms. The van der Waals surface area contributed by atoms with Crippen LogP contribution in [0.1, 0.15) is 23.6 Å². The molecule has 0 spiro atoms. The van der Waals surface area contributed by atoms with E-state index in [1.165, 1.54) is 6.21 Å². The highest BCUT2D eigenvalue weighted by atomic mass is 16.6. The molecule has 0 N–H and O–H groups in total. The van der Waals surface area contributed by atoms with Gasteiger partial charge < -0.3 is 18.9 Å². The van der Waals surface area contributed by atoms with Crippen LogP contribution in [0.15, 0.2) is 89.9 Å². The molecule has 0 aromatic heterocycles. The summed E-state index contributed by atoms with van der Waals surface area (Å²) < 4.78 is 22.9. The molecular weight excluding hydrogens is 496 g/mol. The van der Waals surface area contributed by atoms with Gasteiger partial charge in [-0.05, 0) is 36.6 Å². The van der Waals surface area contributed by atoms with Gasteiger partial charge in [0.05, 0.1) is 6.54 Å². The Morgan fingerprint density at radius 1 is 0.949 bits per heavy atom. The SMILES string of the molecule is Cc1ccccc1OCC1CN(C(C)CN=CC(=O)OCc2ccccc2)C(C(=O)OCc2ccccc2)O1. The molecule has 0 aliphatic carbocycles. The standard InChI is InChI=1S/C31H34N2O6/c1-23-11-9-10-16-28(23)36-22-27-19-33(30(39-27)31(35)38-21-26-14-7-4-8-15-26)24(2)17-32-18-29(34)37-20-25-12-5-3-6-13-25/h3-16,18,24,27,30H,17,19-22H2,1-2H3. The fourth-order valence-corrected chi connectivity index (χ4v) is 4.18. The predicted molar refractivity (Wildman–Crippen MR) is 147 cm³/mol. The van der Waals surface area contributed by atoms with Crippen LogP contribution in [0.3, 0.4) is 0 Å². The monoisotopic (exact) mass is 530 g/mol. The molecular formula is C31H34N2O6. The second-order valence-corrected chi connectivity index (χ2v) is 9.41. The van der Waals surface area contributed by atoms with Gasteiger partial charge in [0.1, 0.15) is 37.9 Å². The summed E-state index contributed by atoms with van der Waals surface area (Å²) >= 11 is 0. The number of para-hydroxylation sites is 1. The maximum atomic E-state index is 13.1. The van der Waals surface area contributed by atoms with E-state index in [0.717, 1.165) is 22.4 Å². The zero-order valence-electron chi connectivity index (χ0n) is 22.3. The molecule has 0 saturated carbocycles. The summed E-state index contributed by atoms with van der Waals surface area (Å²) in [5, 5.41) is 0. The molecule has 1 saturated heterocycles. The molecule has 0 radical (unpaired) electrons. The summed E-state index contributed by atoms with van der Waals surface area (Å²) in [6, 6.07) is 26.5. The lowest BCUT2D eigenvalue weighted by Crippen LogP contribution is -2.44. The second-order valence-electron chi connectivity index (χ2n) is 9.41. The predicted octanol–water partition coefficient (Wildman–Crippen LogP) is 4.35. The van der Waals surface area contributed by atoms with Crippen LogP contribution in [0, 0.1) is 6.92 Å². The van der Waals surface area contributed by atoms with Crippen molar-refractivity contribution in [3.63, 3.8) is 0 Å². The number of aryl methyl sites for hydroxylation is 1. The van der Waals surface area contributed by atoms with Crippen LogP contribution < -0.4 is 4.74 Å². The molecule has 3 aromatic carbocycles. The van der Waals surface area contributed by atoms with Gasteiger partial charge in [-0.25, -0.2) is 9.59 Å². The van der Waals surface area contributed by atoms with Gasteiger partial charge in [0.15, 0.2) is 0 Å². The van der Waals surface area contributed by atoms with Crippen molar-refractivity contribution in [2.45, 2.75) is 45.4 Å². The van der Waals surface area contributed by atoms with Crippen LogP contribution in [-0.2, 0) is 37.0 Å². The number of ether oxygens (including phenoxy) is 4. The fraction of sp³-hybridized carbons (Fsp3) is 0.323. The lowest BCUT2D eigenvalue weighted by atomic mass is 10.2. The Kier molecular flexibility index (Phi) is 10.2. The summed E-state index contributed by atoms with van der Waals surface area (Å²) in [6.45, 7) is 5.25. The van der Waals surface area contributed by atoms with Crippen molar-refractivity contribution in [2.75, 3.05) is 19.7 Å². The Hall–Kier alpha value is -4.01. The summed E-state index contributed by atoms with van der Waals surface area (Å²) in [7, 11) is 0. The quantitative estimate of drug-likeness (QED) is 0.254. The number of aliphatic imine (C=N–C) groups is 1. The highest BCUT2D eigenvalue weighted by molar-refractivity contribution is 6.23. The molecule has 0 amide bonds. The maximum Gasteiger partial charge on any atom is 0.351 e. The molecule has 3 unspecified atom stereocenters. The highest BCUT2D eigenvalue weighted by Gasteiger charge is 2.41. The Balaban J connectivity index is 1.34. The molecule has 1 heterocycles. The third kappa shape index (κ3) is 8.49. The zero-order valence-corrected chi connectivity index (χ0v) is 22.3. The first kappa shape index (κ1) is 28.0. The number of benzene rings is 3. The fourth-order valence-electron chi connectivity index (χ4n) is 4.18. The molecule has 3 atom stereocenters. The van der Waals surface area contributed by atoms with Gasteiger partial charge in [-0.3, -0.25) is 9.89 Å². The molecule has 1 fully saturated rings. The van der Waals surface area contributed by atoms with E-state index in [4.69, 9.17) is 18.9 Å². The average Bonchev–Trinajstić information content (AvgIpc) is 3.40. The zero-order chi connectivity index (χ0) is 27.5. The Morgan fingerprint density at radius 2 is 1.56 bits per heavy atom. The number of hydrogen-bond donors (Lipinski definition) is 0. The molecule has 8 heteroatoms. The van der Waals surface area contributed by atoms with E-state index >= 15 is 0 Å². The van der Waals surface area contributed by atoms with Crippen LogP contribution in [0.25, 0.3) is 0 Å². The number of rotatable bonds is 12. The highest BCUT2D eigenvalue weighted by Crippen LogP contribution is 2.23. The van der Waals surface area contributed by atoms with Gasteiger partial charge in [0.25, 0.3) is 0 Å². The van der Waals surface area contributed by atoms with Crippen LogP contribution >= 0.6 is 0 Å². The first-order valence-corrected chi connectivity index (χ1v) is 13.0. The Morgan fingerprint density at radius 3 is 2.23 bits per heavy atom. The van der Waals surface area contributed by atoms with Gasteiger partial charge in [-0.1, -0.05) is 78.9 Å². The number of hydrogen-bond acceptors (Lipinski definition) is 8. The lowest BCUT2D eigenvalue weighted by Gasteiger charge is -2.26. The van der Waals surface area contributed by atoms with Crippen molar-refractivity contribution < 1.29 is 28.5 Å². The van der Waals surface area contributed by atoms with Crippen LogP contribution in [0.2, 0.25) is 0 Å². The van der Waals surface area contributed by atoms with Gasteiger partial charge >= 0.3 is 11.9 Å². The minimum atomic E-state index is -0.908. The third-order valence-electron chi connectivity index (χ3n) is 6.34. The van der Waals surface area contributed by atoms with E-state index in [1.807, 2.05) is 104 Å². The number of nitrogens with zero attached hydrogens (tertiary/aromatic N) is 2. The van der Waals surface area contributed by atoms with Gasteiger partial charge in [-0.15, -0.1) is 0 Å². The Labute approximate surface area is 229 Å². The molecule has 4 rings (SSSR count). The third-order valence-corrected chi connectivity index (χ3v) is 6.34. The number of carbonyl (C=O) groups excluding carboxylic acids is 2. The first-order chi connectivity index (χ1) is 19.0. The topological polar surface area (TPSA) is 86.7 Å². The van der Waals surface area contributed by atoms with Crippen LogP contribution in [0.5, 0.6) is 5.75 Å². The van der Waals surface area contributed by atoms with Crippen LogP contribution in [-0.4, -0.2) is 61.1 Å². The smallest absolute Gasteiger partial charge is 0.351 e. The van der Waals surface area contributed by atoms with E-state index in [2.05, 4.69) is 4.99 Å². The first-order valence-electron chi connectivity index (χ1n) is 13.0. The van der Waals surface area contributed by atoms with E-state index in [-0.39, 0.29) is 38.5 Å². The van der Waals surface area contributed by atoms with E-state index in [0.29, 0.717) is 6.54 Å². The van der Waals surface area contributed by atoms with Gasteiger partial charge in [-0.2, -0.15) is 0 Å². The summed E-state index contributed by atoms with van der Waals surface area (Å²) in [5.41, 5.74) is 2.81. The summed E-state index contributed by atoms with van der Waals surface area (Å²) in [6.07, 6.45) is -0.0757. The second kappa shape index (κ2) is 14.2. The number of carbonyl (C=O) groups is 2. The summed E-state index contributed by atoms with van der Waals surface area (Å²) in [5.74, 6) is -0.225. The van der Waals surface area contributed by atoms with Crippen molar-refractivity contribution in [1.82, 2.24) is 4.90 Å². The van der Waals surface area contributed by atoms with E-state index < -0.39 is 18.2 Å². The lowest BCUT2D eigenvalue weighted by molar-refractivity contribution is -0.166. The van der Waals surface area contributed by atoms with Crippen molar-refractivity contribution >= 4 is 18.2 Å². The average molecular weight is 531 g/mol. The van der Waals surface area contributed by atoms with E-state index in [1.54, 1.807) is 0 Å². The number of esters is 2. The minimum absolute atomic E-state index is 0.150. The largest absolute Gasteiger partial charge is 0.491 e. The molecule has 204 valence electrons. The minimum Gasteiger partial charge on any atom is -0.491 e. The van der Waals surface area contributed by atoms with Gasteiger partial charge in [0.2, 0.25) is 6.23 Å². The van der Waals surface area contributed by atoms with Crippen molar-refractivity contribution in [3.05, 3.63) is 102 Å². The molecule has 39 heavy (non-hydrogen) atoms. The van der Waals surface area contributed by atoms with Crippen LogP contribution in [0.4, 0.5) is 0 Å². The van der Waals surface area contributed by atoms with Crippen molar-refractivity contribution in [2.24, 2.45) is 4.99 Å². The van der Waals surface area contributed by atoms with Gasteiger partial charge in [0, 0.05) is 12.6 Å². The molecule has 1 aliphatic heterocycles. The van der Waals surface area contributed by atoms with E-state index in [9.17, 15) is 9.59 Å². The molecule has 3 aromatic rings. The Bertz CT molecular complexity index is 1230. The maximum absolute atomic E-state index is 13.1. The summed E-state index contributed by atoms with van der Waals surface area (Å²) in [4.78, 5) is 31.3. The normalized spacial score (nSPS) is 18.1. The molecule has 8 nitrogen and oxygen atoms in total. The molecule has 1 aliphatic rings.